The lowest BCUT2D eigenvalue weighted by atomic mass is 10.2. The maximum absolute atomic E-state index is 10.5. The van der Waals surface area contributed by atoms with Gasteiger partial charge in [0.05, 0.1) is 24.0 Å². The molecule has 2 aromatic rings. The zero-order chi connectivity index (χ0) is 15.1. The molecule has 2 rings (SSSR count). The van der Waals surface area contributed by atoms with Crippen molar-refractivity contribution in [1.82, 2.24) is 4.98 Å². The van der Waals surface area contributed by atoms with E-state index in [1.165, 1.54) is 12.1 Å². The lowest BCUT2D eigenvalue weighted by Crippen LogP contribution is -2.03. The van der Waals surface area contributed by atoms with Crippen molar-refractivity contribution in [2.45, 2.75) is 12.8 Å². The van der Waals surface area contributed by atoms with E-state index in [1.54, 1.807) is 18.3 Å². The van der Waals surface area contributed by atoms with Gasteiger partial charge >= 0.3 is 0 Å². The van der Waals surface area contributed by atoms with E-state index < -0.39 is 4.92 Å². The standard InChI is InChI=1S/C15H13N3O3/c16-9-7-12-1-2-13(17-11-12)8-10-21-15-5-3-14(4-6-15)18(19)20/h1-6,11H,7-8,10H2. The molecule has 0 bridgehead atoms. The summed E-state index contributed by atoms with van der Waals surface area (Å²) in [4.78, 5) is 14.3. The molecule has 0 amide bonds. The fourth-order valence-electron chi connectivity index (χ4n) is 1.74. The van der Waals surface area contributed by atoms with Gasteiger partial charge in [0.2, 0.25) is 0 Å². The highest BCUT2D eigenvalue weighted by Crippen LogP contribution is 2.17. The molecule has 0 aliphatic carbocycles. The van der Waals surface area contributed by atoms with Gasteiger partial charge in [-0.2, -0.15) is 5.26 Å². The molecule has 0 unspecified atom stereocenters. The van der Waals surface area contributed by atoms with Gasteiger partial charge in [-0.25, -0.2) is 0 Å². The molecule has 0 aliphatic heterocycles. The van der Waals surface area contributed by atoms with Crippen molar-refractivity contribution in [2.75, 3.05) is 6.61 Å². The number of pyridine rings is 1. The van der Waals surface area contributed by atoms with Crippen LogP contribution in [0.2, 0.25) is 0 Å². The SMILES string of the molecule is N#CCc1ccc(CCOc2ccc([N+](=O)[O-])cc2)nc1. The monoisotopic (exact) mass is 283 g/mol. The Morgan fingerprint density at radius 3 is 2.57 bits per heavy atom. The summed E-state index contributed by atoms with van der Waals surface area (Å²) in [6.07, 6.45) is 2.67. The van der Waals surface area contributed by atoms with Crippen LogP contribution in [0.3, 0.4) is 0 Å². The molecule has 0 N–H and O–H groups in total. The van der Waals surface area contributed by atoms with Gasteiger partial charge in [-0.15, -0.1) is 0 Å². The lowest BCUT2D eigenvalue weighted by molar-refractivity contribution is -0.384. The van der Waals surface area contributed by atoms with Crippen molar-refractivity contribution in [1.29, 1.82) is 5.26 Å². The number of non-ortho nitro benzene ring substituents is 1. The Bertz CT molecular complexity index is 645. The first-order valence-electron chi connectivity index (χ1n) is 6.37. The maximum Gasteiger partial charge on any atom is 0.269 e. The second-order valence-corrected chi connectivity index (χ2v) is 4.34. The average molecular weight is 283 g/mol. The van der Waals surface area contributed by atoms with Gasteiger partial charge in [0, 0.05) is 30.4 Å². The van der Waals surface area contributed by atoms with Gasteiger partial charge < -0.3 is 4.74 Å². The Labute approximate surface area is 121 Å². The quantitative estimate of drug-likeness (QED) is 0.600. The third-order valence-corrected chi connectivity index (χ3v) is 2.84. The maximum atomic E-state index is 10.5. The number of rotatable bonds is 6. The minimum Gasteiger partial charge on any atom is -0.493 e. The van der Waals surface area contributed by atoms with E-state index in [4.69, 9.17) is 10.00 Å². The molecule has 21 heavy (non-hydrogen) atoms. The summed E-state index contributed by atoms with van der Waals surface area (Å²) in [6, 6.07) is 11.8. The van der Waals surface area contributed by atoms with Crippen LogP contribution in [0.5, 0.6) is 5.75 Å². The van der Waals surface area contributed by atoms with Gasteiger partial charge in [-0.1, -0.05) is 6.07 Å². The number of nitrogens with zero attached hydrogens (tertiary/aromatic N) is 3. The molecule has 0 aliphatic rings. The third kappa shape index (κ3) is 4.28. The van der Waals surface area contributed by atoms with Crippen LogP contribution >= 0.6 is 0 Å². The van der Waals surface area contributed by atoms with Crippen LogP contribution in [0.4, 0.5) is 5.69 Å². The summed E-state index contributed by atoms with van der Waals surface area (Å²) >= 11 is 0. The topological polar surface area (TPSA) is 89.0 Å². The number of hydrogen-bond acceptors (Lipinski definition) is 5. The summed E-state index contributed by atoms with van der Waals surface area (Å²) < 4.78 is 5.51. The van der Waals surface area contributed by atoms with E-state index in [0.29, 0.717) is 25.2 Å². The number of nitriles is 1. The van der Waals surface area contributed by atoms with Crippen molar-refractivity contribution in [3.63, 3.8) is 0 Å². The molecule has 0 saturated heterocycles. The Morgan fingerprint density at radius 1 is 1.24 bits per heavy atom. The molecule has 1 aromatic heterocycles. The van der Waals surface area contributed by atoms with Crippen molar-refractivity contribution >= 4 is 5.69 Å². The van der Waals surface area contributed by atoms with Crippen LogP contribution < -0.4 is 4.74 Å². The smallest absolute Gasteiger partial charge is 0.269 e. The normalized spacial score (nSPS) is 9.86. The lowest BCUT2D eigenvalue weighted by Gasteiger charge is -2.05. The van der Waals surface area contributed by atoms with Gasteiger partial charge in [0.15, 0.2) is 0 Å². The summed E-state index contributed by atoms with van der Waals surface area (Å²) in [5.41, 5.74) is 1.80. The summed E-state index contributed by atoms with van der Waals surface area (Å²) in [5.74, 6) is 0.585. The zero-order valence-corrected chi connectivity index (χ0v) is 11.2. The Hall–Kier alpha value is -2.94. The van der Waals surface area contributed by atoms with E-state index in [9.17, 15) is 10.1 Å². The second kappa shape index (κ2) is 7.01. The predicted octanol–water partition coefficient (Wildman–Crippen LogP) is 2.68. The van der Waals surface area contributed by atoms with E-state index in [1.807, 2.05) is 12.1 Å². The van der Waals surface area contributed by atoms with Crippen LogP contribution in [-0.2, 0) is 12.8 Å². The first kappa shape index (κ1) is 14.5. The average Bonchev–Trinajstić information content (AvgIpc) is 2.50. The second-order valence-electron chi connectivity index (χ2n) is 4.34. The van der Waals surface area contributed by atoms with Gasteiger partial charge in [0.1, 0.15) is 5.75 Å². The van der Waals surface area contributed by atoms with Gasteiger partial charge in [-0.3, -0.25) is 15.1 Å². The van der Waals surface area contributed by atoms with Crippen molar-refractivity contribution in [3.8, 4) is 11.8 Å². The minimum atomic E-state index is -0.448. The number of nitro benzene ring substituents is 1. The molecular formula is C15H13N3O3. The highest BCUT2D eigenvalue weighted by molar-refractivity contribution is 5.36. The molecule has 1 heterocycles. The molecule has 0 fully saturated rings. The first-order chi connectivity index (χ1) is 10.2. The van der Waals surface area contributed by atoms with Crippen LogP contribution in [0.15, 0.2) is 42.6 Å². The molecule has 6 nitrogen and oxygen atoms in total. The first-order valence-corrected chi connectivity index (χ1v) is 6.37. The number of aromatic nitrogens is 1. The van der Waals surface area contributed by atoms with Gasteiger partial charge in [0.25, 0.3) is 5.69 Å². The van der Waals surface area contributed by atoms with Crippen molar-refractivity contribution < 1.29 is 9.66 Å². The number of ether oxygens (including phenoxy) is 1. The molecule has 1 aromatic carbocycles. The van der Waals surface area contributed by atoms with Crippen LogP contribution in [0.25, 0.3) is 0 Å². The van der Waals surface area contributed by atoms with Crippen LogP contribution in [0.1, 0.15) is 11.3 Å². The fraction of sp³-hybridized carbons (Fsp3) is 0.200. The van der Waals surface area contributed by atoms with Gasteiger partial charge in [-0.05, 0) is 23.8 Å². The Kier molecular flexibility index (Phi) is 4.83. The Balaban J connectivity index is 1.83. The molecule has 6 heteroatoms. The molecule has 0 spiro atoms. The fourth-order valence-corrected chi connectivity index (χ4v) is 1.74. The summed E-state index contributed by atoms with van der Waals surface area (Å²) in [6.45, 7) is 0.433. The molecular weight excluding hydrogens is 270 g/mol. The predicted molar refractivity (Wildman–Crippen MR) is 75.8 cm³/mol. The number of benzene rings is 1. The molecule has 0 saturated carbocycles. The highest BCUT2D eigenvalue weighted by Gasteiger charge is 2.04. The van der Waals surface area contributed by atoms with Crippen LogP contribution in [0, 0.1) is 21.4 Å². The molecule has 106 valence electrons. The van der Waals surface area contributed by atoms with E-state index in [-0.39, 0.29) is 5.69 Å². The zero-order valence-electron chi connectivity index (χ0n) is 11.2. The van der Waals surface area contributed by atoms with Crippen LogP contribution in [-0.4, -0.2) is 16.5 Å². The summed E-state index contributed by atoms with van der Waals surface area (Å²) in [5, 5.41) is 19.1. The molecule has 0 atom stereocenters. The minimum absolute atomic E-state index is 0.0390. The molecule has 0 radical (unpaired) electrons. The van der Waals surface area contributed by atoms with E-state index in [0.717, 1.165) is 11.3 Å². The van der Waals surface area contributed by atoms with Crippen molar-refractivity contribution in [2.24, 2.45) is 0 Å². The largest absolute Gasteiger partial charge is 0.493 e. The number of hydrogen-bond donors (Lipinski definition) is 0. The number of nitro groups is 1. The van der Waals surface area contributed by atoms with E-state index >= 15 is 0 Å². The Morgan fingerprint density at radius 2 is 2.00 bits per heavy atom. The van der Waals surface area contributed by atoms with E-state index in [2.05, 4.69) is 11.1 Å². The third-order valence-electron chi connectivity index (χ3n) is 2.84. The summed E-state index contributed by atoms with van der Waals surface area (Å²) in [7, 11) is 0. The highest BCUT2D eigenvalue weighted by atomic mass is 16.6. The van der Waals surface area contributed by atoms with Crippen molar-refractivity contribution in [3.05, 3.63) is 64.0 Å².